The molecule has 4 aromatic carbocycles. The minimum atomic E-state index is -2.86. The van der Waals surface area contributed by atoms with Gasteiger partial charge in [-0.15, -0.1) is 0 Å². The van der Waals surface area contributed by atoms with Gasteiger partial charge in [-0.3, -0.25) is 9.59 Å². The van der Waals surface area contributed by atoms with Crippen LogP contribution in [0, 0.1) is 0 Å². The van der Waals surface area contributed by atoms with Crippen LogP contribution in [0.4, 0.5) is 0 Å². The lowest BCUT2D eigenvalue weighted by atomic mass is 10.0. The SMILES string of the molecule is CCOP(=C(CC(=O)c1ccccc1)C(=O)c1ccccc1)(c1ccccc1)c1ccccc1. The van der Waals surface area contributed by atoms with E-state index in [1.165, 1.54) is 0 Å². The second-order valence-electron chi connectivity index (χ2n) is 7.81. The molecule has 0 saturated carbocycles. The highest BCUT2D eigenvalue weighted by atomic mass is 31.2. The fourth-order valence-corrected chi connectivity index (χ4v) is 7.85. The fourth-order valence-electron chi connectivity index (χ4n) is 4.13. The highest BCUT2D eigenvalue weighted by Crippen LogP contribution is 2.49. The fraction of sp³-hybridized carbons (Fsp3) is 0.100. The number of Topliss-reactive ketones (excluding diaryl/α,β-unsaturated/α-hetero) is 2. The second kappa shape index (κ2) is 11.1. The molecule has 0 bridgehead atoms. The predicted molar refractivity (Wildman–Crippen MR) is 142 cm³/mol. The van der Waals surface area contributed by atoms with Crippen molar-refractivity contribution in [3.63, 3.8) is 0 Å². The van der Waals surface area contributed by atoms with Crippen molar-refractivity contribution in [2.24, 2.45) is 0 Å². The zero-order valence-corrected chi connectivity index (χ0v) is 20.0. The smallest absolute Gasteiger partial charge is 0.192 e. The summed E-state index contributed by atoms with van der Waals surface area (Å²) in [6.45, 7) is 2.34. The number of hydrogen-bond acceptors (Lipinski definition) is 3. The largest absolute Gasteiger partial charge is 0.352 e. The molecule has 0 unspecified atom stereocenters. The van der Waals surface area contributed by atoms with Gasteiger partial charge < -0.3 is 4.52 Å². The van der Waals surface area contributed by atoms with Crippen molar-refractivity contribution >= 4 is 34.6 Å². The molecule has 0 N–H and O–H groups in total. The highest BCUT2D eigenvalue weighted by molar-refractivity contribution is 7.86. The van der Waals surface area contributed by atoms with Crippen molar-refractivity contribution in [3.05, 3.63) is 132 Å². The first-order valence-corrected chi connectivity index (χ1v) is 13.1. The van der Waals surface area contributed by atoms with Gasteiger partial charge in [0.1, 0.15) is 0 Å². The average molecular weight is 467 g/mol. The molecular formula is C30H27O3P. The van der Waals surface area contributed by atoms with Gasteiger partial charge in [0.2, 0.25) is 0 Å². The summed E-state index contributed by atoms with van der Waals surface area (Å²) in [5.74, 6) is -0.254. The molecule has 4 aromatic rings. The quantitative estimate of drug-likeness (QED) is 0.227. The number of ketones is 2. The lowest BCUT2D eigenvalue weighted by molar-refractivity contribution is 0.0986. The van der Waals surface area contributed by atoms with E-state index in [4.69, 9.17) is 4.52 Å². The van der Waals surface area contributed by atoms with Crippen molar-refractivity contribution in [2.45, 2.75) is 13.3 Å². The Bertz CT molecular complexity index is 1260. The average Bonchev–Trinajstić information content (AvgIpc) is 2.92. The van der Waals surface area contributed by atoms with E-state index in [9.17, 15) is 9.59 Å². The molecule has 0 aliphatic heterocycles. The monoisotopic (exact) mass is 466 g/mol. The maximum atomic E-state index is 14.1. The Labute approximate surface area is 201 Å². The molecule has 0 atom stereocenters. The van der Waals surface area contributed by atoms with Crippen molar-refractivity contribution < 1.29 is 14.1 Å². The summed E-state index contributed by atoms with van der Waals surface area (Å²) in [6, 6.07) is 38.0. The molecule has 4 rings (SSSR count). The van der Waals surface area contributed by atoms with Crippen LogP contribution in [-0.4, -0.2) is 23.5 Å². The summed E-state index contributed by atoms with van der Waals surface area (Å²) in [4.78, 5) is 27.6. The Hall–Kier alpha value is -3.52. The molecule has 0 saturated heterocycles. The zero-order chi connectivity index (χ0) is 23.8. The van der Waals surface area contributed by atoms with Crippen LogP contribution in [-0.2, 0) is 4.52 Å². The number of carbonyl (C=O) groups excluding carboxylic acids is 2. The van der Waals surface area contributed by atoms with E-state index in [0.29, 0.717) is 23.0 Å². The topological polar surface area (TPSA) is 43.4 Å². The van der Waals surface area contributed by atoms with Crippen LogP contribution in [0.1, 0.15) is 34.1 Å². The van der Waals surface area contributed by atoms with Crippen molar-refractivity contribution in [2.75, 3.05) is 6.61 Å². The van der Waals surface area contributed by atoms with Crippen LogP contribution in [0.15, 0.2) is 121 Å². The van der Waals surface area contributed by atoms with Crippen LogP contribution in [0.5, 0.6) is 0 Å². The second-order valence-corrected chi connectivity index (χ2v) is 10.9. The van der Waals surface area contributed by atoms with Gasteiger partial charge in [0, 0.05) is 40.1 Å². The third kappa shape index (κ3) is 4.87. The molecule has 34 heavy (non-hydrogen) atoms. The molecule has 170 valence electrons. The number of hydrogen-bond donors (Lipinski definition) is 0. The summed E-state index contributed by atoms with van der Waals surface area (Å²) < 4.78 is 6.64. The van der Waals surface area contributed by atoms with Gasteiger partial charge in [0.05, 0.1) is 7.11 Å². The van der Waals surface area contributed by atoms with Crippen molar-refractivity contribution in [3.8, 4) is 0 Å². The Morgan fingerprint density at radius 3 is 1.47 bits per heavy atom. The molecule has 0 spiro atoms. The molecule has 0 aliphatic carbocycles. The van der Waals surface area contributed by atoms with Crippen LogP contribution < -0.4 is 10.6 Å². The maximum Gasteiger partial charge on any atom is 0.192 e. The van der Waals surface area contributed by atoms with E-state index in [1.807, 2.05) is 104 Å². The van der Waals surface area contributed by atoms with Gasteiger partial charge in [-0.2, -0.15) is 0 Å². The van der Waals surface area contributed by atoms with E-state index >= 15 is 0 Å². The molecule has 0 amide bonds. The standard InChI is InChI=1S/C30H27O3P/c1-2-33-34(26-19-11-5-12-20-26,27-21-13-6-14-22-27)29(30(32)25-17-9-4-10-18-25)23-28(31)24-15-7-3-8-16-24/h3-22H,2,23H2,1H3. The first-order valence-electron chi connectivity index (χ1n) is 11.4. The molecule has 0 aromatic heterocycles. The number of benzene rings is 4. The third-order valence-electron chi connectivity index (χ3n) is 5.66. The summed E-state index contributed by atoms with van der Waals surface area (Å²) >= 11 is 0. The highest BCUT2D eigenvalue weighted by Gasteiger charge is 2.34. The zero-order valence-electron chi connectivity index (χ0n) is 19.1. The Balaban J connectivity index is 2.06. The van der Waals surface area contributed by atoms with Gasteiger partial charge in [-0.05, 0) is 6.92 Å². The van der Waals surface area contributed by atoms with Crippen LogP contribution in [0.2, 0.25) is 0 Å². The minimum absolute atomic E-state index is 0.0185. The number of rotatable bonds is 9. The minimum Gasteiger partial charge on any atom is -0.352 e. The lowest BCUT2D eigenvalue weighted by Gasteiger charge is -2.31. The molecule has 0 radical (unpaired) electrons. The molecular weight excluding hydrogens is 439 g/mol. The predicted octanol–water partition coefficient (Wildman–Crippen LogP) is 5.93. The Morgan fingerprint density at radius 2 is 1.03 bits per heavy atom. The number of carbonyl (C=O) groups is 2. The van der Waals surface area contributed by atoms with Gasteiger partial charge in [0.25, 0.3) is 0 Å². The van der Waals surface area contributed by atoms with E-state index < -0.39 is 7.11 Å². The van der Waals surface area contributed by atoms with E-state index in [2.05, 4.69) is 0 Å². The van der Waals surface area contributed by atoms with Crippen LogP contribution in [0.25, 0.3) is 0 Å². The molecule has 0 aliphatic rings. The first-order chi connectivity index (χ1) is 16.7. The van der Waals surface area contributed by atoms with Crippen LogP contribution in [0.3, 0.4) is 0 Å². The maximum absolute atomic E-state index is 14.1. The molecule has 0 fully saturated rings. The Morgan fingerprint density at radius 1 is 0.618 bits per heavy atom. The lowest BCUT2D eigenvalue weighted by Crippen LogP contribution is -2.30. The Kier molecular flexibility index (Phi) is 7.69. The first kappa shape index (κ1) is 23.6. The van der Waals surface area contributed by atoms with Gasteiger partial charge in [-0.1, -0.05) is 121 Å². The van der Waals surface area contributed by atoms with Crippen LogP contribution >= 0.6 is 7.11 Å². The van der Waals surface area contributed by atoms with E-state index in [-0.39, 0.29) is 18.0 Å². The summed E-state index contributed by atoms with van der Waals surface area (Å²) in [5, 5.41) is 2.35. The van der Waals surface area contributed by atoms with Crippen molar-refractivity contribution in [1.82, 2.24) is 0 Å². The summed E-state index contributed by atoms with van der Waals surface area (Å²) in [6.07, 6.45) is -0.0185. The van der Waals surface area contributed by atoms with Crippen molar-refractivity contribution in [1.29, 1.82) is 0 Å². The van der Waals surface area contributed by atoms with E-state index in [1.54, 1.807) is 24.3 Å². The molecule has 3 nitrogen and oxygen atoms in total. The summed E-state index contributed by atoms with van der Waals surface area (Å²) in [5.41, 5.74) is 1.13. The van der Waals surface area contributed by atoms with E-state index in [0.717, 1.165) is 10.6 Å². The molecule has 0 heterocycles. The normalized spacial score (nSPS) is 11.1. The van der Waals surface area contributed by atoms with Gasteiger partial charge in [-0.25, -0.2) is 0 Å². The van der Waals surface area contributed by atoms with Gasteiger partial charge >= 0.3 is 0 Å². The third-order valence-corrected chi connectivity index (χ3v) is 9.48. The summed E-state index contributed by atoms with van der Waals surface area (Å²) in [7, 11) is -2.86. The van der Waals surface area contributed by atoms with Gasteiger partial charge in [0.15, 0.2) is 11.6 Å². The molecule has 4 heteroatoms.